The van der Waals surface area contributed by atoms with Crippen LogP contribution in [0.3, 0.4) is 0 Å². The number of nitrogens with zero attached hydrogens (tertiary/aromatic N) is 1. The molecule has 1 heterocycles. The second kappa shape index (κ2) is 6.16. The molecule has 1 aliphatic rings. The molecule has 0 spiro atoms. The Hall–Kier alpha value is -1.40. The third kappa shape index (κ3) is 3.33. The van der Waals surface area contributed by atoms with Crippen molar-refractivity contribution in [1.82, 2.24) is 10.3 Å². The molecular weight excluding hydrogens is 310 g/mol. The molecule has 3 N–H and O–H groups in total. The molecule has 5 nitrogen and oxygen atoms in total. The van der Waals surface area contributed by atoms with Crippen molar-refractivity contribution in [1.29, 1.82) is 0 Å². The van der Waals surface area contributed by atoms with Gasteiger partial charge in [0.2, 0.25) is 5.91 Å². The van der Waals surface area contributed by atoms with Gasteiger partial charge in [0, 0.05) is 29.0 Å². The summed E-state index contributed by atoms with van der Waals surface area (Å²) in [5.41, 5.74) is 2.84. The number of amides is 2. The predicted octanol–water partition coefficient (Wildman–Crippen LogP) is 1.29. The number of hydrogen-bond acceptors (Lipinski definition) is 3. The van der Waals surface area contributed by atoms with Crippen LogP contribution in [0.25, 0.3) is 0 Å². The maximum atomic E-state index is 12.2. The van der Waals surface area contributed by atoms with Gasteiger partial charge < -0.3 is 4.90 Å². The van der Waals surface area contributed by atoms with E-state index in [9.17, 15) is 9.59 Å². The summed E-state index contributed by atoms with van der Waals surface area (Å²) in [6.07, 6.45) is 1.32. The van der Waals surface area contributed by atoms with Gasteiger partial charge in [0.1, 0.15) is 0 Å². The standard InChI is InChI=1S/C13H16BrN3O2/c14-11-3-1-10(2-4-11)13(19)17-7-5-9(6-8-17)12(18)16-15/h1-4,9H,5-8,15H2,(H,16,18). The van der Waals surface area contributed by atoms with E-state index in [-0.39, 0.29) is 17.7 Å². The molecule has 1 aromatic rings. The van der Waals surface area contributed by atoms with Crippen LogP contribution in [-0.4, -0.2) is 29.8 Å². The normalized spacial score (nSPS) is 16.2. The van der Waals surface area contributed by atoms with Crippen molar-refractivity contribution in [2.45, 2.75) is 12.8 Å². The van der Waals surface area contributed by atoms with E-state index in [0.29, 0.717) is 31.5 Å². The van der Waals surface area contributed by atoms with E-state index >= 15 is 0 Å². The third-order valence-electron chi connectivity index (χ3n) is 3.39. The lowest BCUT2D eigenvalue weighted by atomic mass is 9.95. The maximum absolute atomic E-state index is 12.2. The van der Waals surface area contributed by atoms with Gasteiger partial charge in [-0.2, -0.15) is 0 Å². The van der Waals surface area contributed by atoms with Gasteiger partial charge in [0.15, 0.2) is 0 Å². The van der Waals surface area contributed by atoms with Gasteiger partial charge in [-0.15, -0.1) is 0 Å². The molecule has 6 heteroatoms. The van der Waals surface area contributed by atoms with Crippen LogP contribution in [-0.2, 0) is 4.79 Å². The number of hydrogen-bond donors (Lipinski definition) is 2. The molecule has 19 heavy (non-hydrogen) atoms. The van der Waals surface area contributed by atoms with Crippen molar-refractivity contribution in [2.24, 2.45) is 11.8 Å². The van der Waals surface area contributed by atoms with Crippen LogP contribution >= 0.6 is 15.9 Å². The molecule has 1 saturated heterocycles. The molecule has 2 amide bonds. The number of carbonyl (C=O) groups is 2. The van der Waals surface area contributed by atoms with Crippen LogP contribution in [0.4, 0.5) is 0 Å². The van der Waals surface area contributed by atoms with Crippen LogP contribution in [0.15, 0.2) is 28.7 Å². The number of benzene rings is 1. The van der Waals surface area contributed by atoms with Crippen LogP contribution in [0.1, 0.15) is 23.2 Å². The molecule has 0 aliphatic carbocycles. The Bertz CT molecular complexity index is 467. The van der Waals surface area contributed by atoms with Gasteiger partial charge >= 0.3 is 0 Å². The zero-order chi connectivity index (χ0) is 13.8. The number of hydrazine groups is 1. The Kier molecular flexibility index (Phi) is 4.55. The molecule has 0 saturated carbocycles. The van der Waals surface area contributed by atoms with Gasteiger partial charge in [0.25, 0.3) is 5.91 Å². The van der Waals surface area contributed by atoms with Crippen molar-refractivity contribution >= 4 is 27.7 Å². The lowest BCUT2D eigenvalue weighted by Gasteiger charge is -2.31. The zero-order valence-electron chi connectivity index (χ0n) is 10.4. The zero-order valence-corrected chi connectivity index (χ0v) is 12.0. The number of nitrogens with one attached hydrogen (secondary N) is 1. The van der Waals surface area contributed by atoms with E-state index in [2.05, 4.69) is 21.4 Å². The minimum Gasteiger partial charge on any atom is -0.339 e. The Morgan fingerprint density at radius 3 is 2.32 bits per heavy atom. The monoisotopic (exact) mass is 325 g/mol. The summed E-state index contributed by atoms with van der Waals surface area (Å²) in [6.45, 7) is 1.18. The van der Waals surface area contributed by atoms with Gasteiger partial charge in [-0.25, -0.2) is 5.84 Å². The first-order chi connectivity index (χ1) is 9.11. The van der Waals surface area contributed by atoms with Crippen molar-refractivity contribution in [3.8, 4) is 0 Å². The number of nitrogens with two attached hydrogens (primary N) is 1. The Labute approximate surface area is 120 Å². The molecule has 0 atom stereocenters. The smallest absolute Gasteiger partial charge is 0.253 e. The molecule has 2 rings (SSSR count). The molecule has 0 aromatic heterocycles. The first-order valence-corrected chi connectivity index (χ1v) is 6.96. The quantitative estimate of drug-likeness (QED) is 0.489. The highest BCUT2D eigenvalue weighted by molar-refractivity contribution is 9.10. The molecule has 102 valence electrons. The summed E-state index contributed by atoms with van der Waals surface area (Å²) in [5, 5.41) is 0. The van der Waals surface area contributed by atoms with Crippen molar-refractivity contribution < 1.29 is 9.59 Å². The fourth-order valence-electron chi connectivity index (χ4n) is 2.24. The average Bonchev–Trinajstić information content (AvgIpc) is 2.46. The van der Waals surface area contributed by atoms with Gasteiger partial charge in [0.05, 0.1) is 0 Å². The van der Waals surface area contributed by atoms with Crippen LogP contribution < -0.4 is 11.3 Å². The summed E-state index contributed by atoms with van der Waals surface area (Å²) < 4.78 is 0.947. The van der Waals surface area contributed by atoms with Crippen molar-refractivity contribution in [3.63, 3.8) is 0 Å². The van der Waals surface area contributed by atoms with E-state index < -0.39 is 0 Å². The van der Waals surface area contributed by atoms with E-state index in [1.807, 2.05) is 12.1 Å². The summed E-state index contributed by atoms with van der Waals surface area (Å²) >= 11 is 3.34. The summed E-state index contributed by atoms with van der Waals surface area (Å²) in [5.74, 6) is 4.90. The third-order valence-corrected chi connectivity index (χ3v) is 3.92. The molecule has 0 bridgehead atoms. The first-order valence-electron chi connectivity index (χ1n) is 6.17. The number of likely N-dealkylation sites (tertiary alicyclic amines) is 1. The van der Waals surface area contributed by atoms with Gasteiger partial charge in [-0.3, -0.25) is 15.0 Å². The molecule has 0 radical (unpaired) electrons. The van der Waals surface area contributed by atoms with Crippen LogP contribution in [0.2, 0.25) is 0 Å². The minimum absolute atomic E-state index is 0.0131. The lowest BCUT2D eigenvalue weighted by Crippen LogP contribution is -2.44. The topological polar surface area (TPSA) is 75.4 Å². The number of carbonyl (C=O) groups excluding carboxylic acids is 2. The fraction of sp³-hybridized carbons (Fsp3) is 0.385. The van der Waals surface area contributed by atoms with E-state index in [0.717, 1.165) is 4.47 Å². The van der Waals surface area contributed by atoms with Crippen LogP contribution in [0, 0.1) is 5.92 Å². The summed E-state index contributed by atoms with van der Waals surface area (Å²) in [4.78, 5) is 25.4. The highest BCUT2D eigenvalue weighted by atomic mass is 79.9. The highest BCUT2D eigenvalue weighted by Crippen LogP contribution is 2.19. The van der Waals surface area contributed by atoms with E-state index in [1.165, 1.54) is 0 Å². The summed E-state index contributed by atoms with van der Waals surface area (Å²) in [7, 11) is 0. The highest BCUT2D eigenvalue weighted by Gasteiger charge is 2.27. The van der Waals surface area contributed by atoms with Crippen molar-refractivity contribution in [2.75, 3.05) is 13.1 Å². The Morgan fingerprint density at radius 2 is 1.79 bits per heavy atom. The first kappa shape index (κ1) is 14.0. The molecule has 1 aromatic carbocycles. The largest absolute Gasteiger partial charge is 0.339 e. The lowest BCUT2D eigenvalue weighted by molar-refractivity contribution is -0.126. The second-order valence-electron chi connectivity index (χ2n) is 4.58. The summed E-state index contributed by atoms with van der Waals surface area (Å²) in [6, 6.07) is 7.29. The van der Waals surface area contributed by atoms with E-state index in [4.69, 9.17) is 5.84 Å². The SMILES string of the molecule is NNC(=O)C1CCN(C(=O)c2ccc(Br)cc2)CC1. The molecule has 1 aliphatic heterocycles. The van der Waals surface area contributed by atoms with Crippen molar-refractivity contribution in [3.05, 3.63) is 34.3 Å². The maximum Gasteiger partial charge on any atom is 0.253 e. The number of rotatable bonds is 2. The molecule has 0 unspecified atom stereocenters. The fourth-order valence-corrected chi connectivity index (χ4v) is 2.50. The van der Waals surface area contributed by atoms with Crippen LogP contribution in [0.5, 0.6) is 0 Å². The average molecular weight is 326 g/mol. The van der Waals surface area contributed by atoms with Gasteiger partial charge in [-0.1, -0.05) is 15.9 Å². The van der Waals surface area contributed by atoms with E-state index in [1.54, 1.807) is 17.0 Å². The Balaban J connectivity index is 1.96. The molecular formula is C13H16BrN3O2. The number of piperidine rings is 1. The second-order valence-corrected chi connectivity index (χ2v) is 5.50. The number of halogens is 1. The van der Waals surface area contributed by atoms with Gasteiger partial charge in [-0.05, 0) is 37.1 Å². The molecule has 1 fully saturated rings. The predicted molar refractivity (Wildman–Crippen MR) is 75.1 cm³/mol. The Morgan fingerprint density at radius 1 is 1.21 bits per heavy atom. The minimum atomic E-state index is -0.143.